The predicted octanol–water partition coefficient (Wildman–Crippen LogP) is 2.22. The van der Waals surface area contributed by atoms with Gasteiger partial charge in [-0.05, 0) is 37.1 Å². The Balaban J connectivity index is 1.49. The molecular weight excluding hydrogens is 408 g/mol. The number of hydrogen-bond acceptors (Lipinski definition) is 5. The Morgan fingerprint density at radius 1 is 1.09 bits per heavy atom. The molecule has 2 aliphatic heterocycles. The summed E-state index contributed by atoms with van der Waals surface area (Å²) in [4.78, 5) is 44.2. The van der Waals surface area contributed by atoms with Crippen molar-refractivity contribution in [2.75, 3.05) is 31.2 Å². The molecule has 1 aromatic carbocycles. The molecule has 0 atom stereocenters. The highest BCUT2D eigenvalue weighted by atomic mass is 16.3. The van der Waals surface area contributed by atoms with Gasteiger partial charge in [0.15, 0.2) is 0 Å². The molecule has 170 valence electrons. The van der Waals surface area contributed by atoms with Gasteiger partial charge in [-0.2, -0.15) is 0 Å². The van der Waals surface area contributed by atoms with Crippen LogP contribution in [0.4, 0.5) is 5.69 Å². The number of nitrogens with zero attached hydrogens (tertiary/aromatic N) is 3. The van der Waals surface area contributed by atoms with Crippen LogP contribution >= 0.6 is 0 Å². The van der Waals surface area contributed by atoms with E-state index in [1.807, 2.05) is 49.1 Å². The van der Waals surface area contributed by atoms with E-state index in [0.29, 0.717) is 38.4 Å². The van der Waals surface area contributed by atoms with Crippen LogP contribution in [0.15, 0.2) is 53.1 Å². The highest BCUT2D eigenvalue weighted by Crippen LogP contribution is 2.39. The van der Waals surface area contributed by atoms with Gasteiger partial charge in [0.25, 0.3) is 5.91 Å². The summed E-state index contributed by atoms with van der Waals surface area (Å²) in [5.41, 5.74) is 0.208. The standard InChI is InChI=1S/C24H30N4O4/c1-18(2)22(30)26-12-10-24(11-13-26)23(31)27(17-28(24)19-7-4-3-5-8-19)16-21(29)25-15-20-9-6-14-32-20/h3-9,14,18H,10-13,15-17H2,1-2H3,(H,25,29). The maximum atomic E-state index is 13.6. The Kier molecular flexibility index (Phi) is 6.21. The molecule has 2 fully saturated rings. The number of hydrogen-bond donors (Lipinski definition) is 1. The fourth-order valence-electron chi connectivity index (χ4n) is 4.61. The minimum absolute atomic E-state index is 0.0146. The lowest BCUT2D eigenvalue weighted by Gasteiger charge is -2.43. The second-order valence-corrected chi connectivity index (χ2v) is 8.78. The second kappa shape index (κ2) is 9.06. The third kappa shape index (κ3) is 4.22. The number of para-hydroxylation sites is 1. The fraction of sp³-hybridized carbons (Fsp3) is 0.458. The second-order valence-electron chi connectivity index (χ2n) is 8.78. The van der Waals surface area contributed by atoms with Gasteiger partial charge in [-0.15, -0.1) is 0 Å². The van der Waals surface area contributed by atoms with Crippen LogP contribution in [0.1, 0.15) is 32.4 Å². The van der Waals surface area contributed by atoms with E-state index in [4.69, 9.17) is 4.42 Å². The summed E-state index contributed by atoms with van der Waals surface area (Å²) in [7, 11) is 0. The minimum Gasteiger partial charge on any atom is -0.467 e. The van der Waals surface area contributed by atoms with Gasteiger partial charge in [-0.3, -0.25) is 14.4 Å². The zero-order valence-corrected chi connectivity index (χ0v) is 18.6. The topological polar surface area (TPSA) is 86.1 Å². The molecule has 0 saturated carbocycles. The van der Waals surface area contributed by atoms with Crippen LogP contribution in [0.2, 0.25) is 0 Å². The maximum Gasteiger partial charge on any atom is 0.250 e. The number of anilines is 1. The van der Waals surface area contributed by atoms with Crippen molar-refractivity contribution in [3.63, 3.8) is 0 Å². The van der Waals surface area contributed by atoms with Gasteiger partial charge < -0.3 is 24.4 Å². The van der Waals surface area contributed by atoms with Gasteiger partial charge in [-0.25, -0.2) is 0 Å². The van der Waals surface area contributed by atoms with E-state index in [0.717, 1.165) is 5.69 Å². The number of carbonyl (C=O) groups is 3. The number of amides is 3. The van der Waals surface area contributed by atoms with Gasteiger partial charge in [0, 0.05) is 24.7 Å². The van der Waals surface area contributed by atoms with Crippen molar-refractivity contribution in [2.24, 2.45) is 5.92 Å². The molecule has 3 heterocycles. The van der Waals surface area contributed by atoms with E-state index >= 15 is 0 Å². The molecule has 0 radical (unpaired) electrons. The van der Waals surface area contributed by atoms with E-state index in [9.17, 15) is 14.4 Å². The lowest BCUT2D eigenvalue weighted by molar-refractivity contribution is -0.141. The molecule has 4 rings (SSSR count). The molecular formula is C24H30N4O4. The molecule has 2 aromatic rings. The average Bonchev–Trinajstić information content (AvgIpc) is 3.41. The smallest absolute Gasteiger partial charge is 0.250 e. The highest BCUT2D eigenvalue weighted by molar-refractivity contribution is 5.96. The summed E-state index contributed by atoms with van der Waals surface area (Å²) in [6, 6.07) is 13.4. The molecule has 0 aliphatic carbocycles. The zero-order valence-electron chi connectivity index (χ0n) is 18.6. The predicted molar refractivity (Wildman–Crippen MR) is 119 cm³/mol. The molecule has 3 amide bonds. The Bertz CT molecular complexity index is 950. The van der Waals surface area contributed by atoms with Crippen LogP contribution in [0.3, 0.4) is 0 Å². The first-order valence-electron chi connectivity index (χ1n) is 11.1. The molecule has 2 saturated heterocycles. The Morgan fingerprint density at radius 3 is 2.44 bits per heavy atom. The molecule has 8 heteroatoms. The Morgan fingerprint density at radius 2 is 1.81 bits per heavy atom. The first-order chi connectivity index (χ1) is 15.4. The molecule has 0 bridgehead atoms. The van der Waals surface area contributed by atoms with Crippen LogP contribution in [0.25, 0.3) is 0 Å². The van der Waals surface area contributed by atoms with E-state index in [1.165, 1.54) is 0 Å². The van der Waals surface area contributed by atoms with Gasteiger partial charge in [0.1, 0.15) is 17.8 Å². The number of carbonyl (C=O) groups excluding carboxylic acids is 3. The maximum absolute atomic E-state index is 13.6. The van der Waals surface area contributed by atoms with Crippen molar-refractivity contribution in [3.05, 3.63) is 54.5 Å². The Labute approximate surface area is 188 Å². The third-order valence-electron chi connectivity index (χ3n) is 6.35. The SMILES string of the molecule is CC(C)C(=O)N1CCC2(CC1)C(=O)N(CC(=O)NCc1ccco1)CN2c1ccccc1. The van der Waals surface area contributed by atoms with Gasteiger partial charge >= 0.3 is 0 Å². The molecule has 1 N–H and O–H groups in total. The minimum atomic E-state index is -0.740. The van der Waals surface area contributed by atoms with Crippen LogP contribution in [0.5, 0.6) is 0 Å². The lowest BCUT2D eigenvalue weighted by atomic mass is 9.85. The first kappa shape index (κ1) is 21.9. The molecule has 0 unspecified atom stereocenters. The first-order valence-corrected chi connectivity index (χ1v) is 11.1. The number of piperidine rings is 1. The Hall–Kier alpha value is -3.29. The molecule has 8 nitrogen and oxygen atoms in total. The number of rotatable bonds is 6. The summed E-state index contributed by atoms with van der Waals surface area (Å²) >= 11 is 0. The number of nitrogens with one attached hydrogen (secondary N) is 1. The van der Waals surface area contributed by atoms with E-state index < -0.39 is 5.54 Å². The van der Waals surface area contributed by atoms with Crippen LogP contribution in [-0.4, -0.2) is 59.4 Å². The lowest BCUT2D eigenvalue weighted by Crippen LogP contribution is -2.57. The highest BCUT2D eigenvalue weighted by Gasteiger charge is 2.54. The zero-order chi connectivity index (χ0) is 22.7. The van der Waals surface area contributed by atoms with Crippen molar-refractivity contribution < 1.29 is 18.8 Å². The largest absolute Gasteiger partial charge is 0.467 e. The van der Waals surface area contributed by atoms with Gasteiger partial charge in [0.2, 0.25) is 11.8 Å². The summed E-state index contributed by atoms with van der Waals surface area (Å²) in [5, 5.41) is 2.81. The van der Waals surface area contributed by atoms with Crippen molar-refractivity contribution in [1.82, 2.24) is 15.1 Å². The van der Waals surface area contributed by atoms with Crippen LogP contribution < -0.4 is 10.2 Å². The fourth-order valence-corrected chi connectivity index (χ4v) is 4.61. The van der Waals surface area contributed by atoms with Gasteiger partial charge in [0.05, 0.1) is 19.5 Å². The molecule has 2 aliphatic rings. The normalized spacial score (nSPS) is 18.0. The van der Waals surface area contributed by atoms with Crippen LogP contribution in [-0.2, 0) is 20.9 Å². The van der Waals surface area contributed by atoms with Crippen molar-refractivity contribution in [3.8, 4) is 0 Å². The summed E-state index contributed by atoms with van der Waals surface area (Å²) in [6.45, 7) is 5.47. The van der Waals surface area contributed by atoms with Crippen molar-refractivity contribution in [2.45, 2.75) is 38.8 Å². The summed E-state index contributed by atoms with van der Waals surface area (Å²) in [5.74, 6) is 0.433. The number of benzene rings is 1. The number of likely N-dealkylation sites (tertiary alicyclic amines) is 1. The summed E-state index contributed by atoms with van der Waals surface area (Å²) in [6.07, 6.45) is 2.65. The van der Waals surface area contributed by atoms with Crippen LogP contribution in [0, 0.1) is 5.92 Å². The summed E-state index contributed by atoms with van der Waals surface area (Å²) < 4.78 is 5.25. The molecule has 1 spiro atoms. The molecule has 1 aromatic heterocycles. The van der Waals surface area contributed by atoms with E-state index in [-0.39, 0.29) is 36.7 Å². The van der Waals surface area contributed by atoms with Crippen molar-refractivity contribution >= 4 is 23.4 Å². The number of furan rings is 1. The van der Waals surface area contributed by atoms with E-state index in [1.54, 1.807) is 23.3 Å². The molecule has 32 heavy (non-hydrogen) atoms. The quantitative estimate of drug-likeness (QED) is 0.748. The monoisotopic (exact) mass is 438 g/mol. The van der Waals surface area contributed by atoms with Gasteiger partial charge in [-0.1, -0.05) is 32.0 Å². The van der Waals surface area contributed by atoms with Crippen molar-refractivity contribution in [1.29, 1.82) is 0 Å². The average molecular weight is 439 g/mol. The van der Waals surface area contributed by atoms with E-state index in [2.05, 4.69) is 10.2 Å². The third-order valence-corrected chi connectivity index (χ3v) is 6.35.